The Morgan fingerprint density at radius 3 is 2.30 bits per heavy atom. The van der Waals surface area contributed by atoms with Gasteiger partial charge in [0.2, 0.25) is 0 Å². The normalized spacial score (nSPS) is 17.2. The van der Waals surface area contributed by atoms with E-state index < -0.39 is 32.7 Å². The van der Waals surface area contributed by atoms with E-state index in [2.05, 4.69) is 14.2 Å². The number of nitrogens with two attached hydrogens (primary N) is 1. The van der Waals surface area contributed by atoms with Crippen molar-refractivity contribution in [2.75, 3.05) is 0 Å². The molecular weight excluding hydrogens is 512 g/mol. The lowest BCUT2D eigenvalue weighted by Crippen LogP contribution is -2.29. The molecule has 0 bridgehead atoms. The molecule has 0 fully saturated rings. The van der Waals surface area contributed by atoms with Crippen LogP contribution in [0.3, 0.4) is 0 Å². The predicted molar refractivity (Wildman–Crippen MR) is 127 cm³/mol. The van der Waals surface area contributed by atoms with E-state index in [4.69, 9.17) is 10.7 Å². The first-order valence-corrected chi connectivity index (χ1v) is 12.1. The predicted octanol–water partition coefficient (Wildman–Crippen LogP) is 4.52. The highest BCUT2D eigenvalue weighted by Gasteiger charge is 2.49. The summed E-state index contributed by atoms with van der Waals surface area (Å²) < 4.78 is 81.4. The maximum absolute atomic E-state index is 14.9. The largest absolute Gasteiger partial charge is 0.534 e. The quantitative estimate of drug-likeness (QED) is 0.232. The van der Waals surface area contributed by atoms with E-state index in [-0.39, 0.29) is 17.0 Å². The van der Waals surface area contributed by atoms with Crippen LogP contribution in [0.4, 0.5) is 17.6 Å². The van der Waals surface area contributed by atoms with Crippen molar-refractivity contribution in [3.8, 4) is 16.9 Å². The van der Waals surface area contributed by atoms with E-state index in [1.807, 2.05) is 0 Å². The van der Waals surface area contributed by atoms with Gasteiger partial charge in [0.25, 0.3) is 0 Å². The molecule has 1 aliphatic heterocycles. The number of nitrogens with zero attached hydrogens (tertiary/aromatic N) is 3. The van der Waals surface area contributed by atoms with Gasteiger partial charge in [-0.15, -0.1) is 0 Å². The molecule has 2 N–H and O–H groups in total. The average Bonchev–Trinajstić information content (AvgIpc) is 3.17. The molecule has 3 aromatic carbocycles. The van der Waals surface area contributed by atoms with E-state index in [0.717, 1.165) is 12.1 Å². The second-order valence-corrected chi connectivity index (χ2v) is 9.62. The van der Waals surface area contributed by atoms with Crippen molar-refractivity contribution in [3.05, 3.63) is 114 Å². The number of aliphatic imine (C=N–C) groups is 1. The molecule has 1 aliphatic rings. The fourth-order valence-corrected chi connectivity index (χ4v) is 4.74. The van der Waals surface area contributed by atoms with Gasteiger partial charge in [-0.25, -0.2) is 19.4 Å². The molecule has 0 amide bonds. The fourth-order valence-electron chi connectivity index (χ4n) is 4.29. The summed E-state index contributed by atoms with van der Waals surface area (Å²) in [5.41, 5.74) is 1.50. The summed E-state index contributed by atoms with van der Waals surface area (Å²) in [4.78, 5) is 12.5. The van der Waals surface area contributed by atoms with Crippen molar-refractivity contribution < 1.29 is 30.2 Å². The van der Waals surface area contributed by atoms with Gasteiger partial charge in [0.05, 0.1) is 0 Å². The smallest absolute Gasteiger partial charge is 0.383 e. The maximum atomic E-state index is 14.9. The van der Waals surface area contributed by atoms with Crippen molar-refractivity contribution in [1.82, 2.24) is 9.97 Å². The maximum Gasteiger partial charge on any atom is 0.534 e. The zero-order valence-electron chi connectivity index (χ0n) is 18.6. The molecule has 0 saturated heterocycles. The molecule has 1 aromatic heterocycles. The molecule has 1 unspecified atom stereocenters. The van der Waals surface area contributed by atoms with Crippen LogP contribution < -0.4 is 9.92 Å². The van der Waals surface area contributed by atoms with Crippen molar-refractivity contribution in [1.29, 1.82) is 0 Å². The molecule has 2 heterocycles. The summed E-state index contributed by atoms with van der Waals surface area (Å²) in [6, 6.07) is 16.2. The van der Waals surface area contributed by atoms with Crippen molar-refractivity contribution >= 4 is 16.0 Å². The molecule has 7 nitrogen and oxygen atoms in total. The van der Waals surface area contributed by atoms with Gasteiger partial charge in [-0.05, 0) is 41.0 Å². The molecule has 0 radical (unpaired) electrons. The molecule has 37 heavy (non-hydrogen) atoms. The van der Waals surface area contributed by atoms with Gasteiger partial charge < -0.3 is 9.92 Å². The molecule has 0 aliphatic carbocycles. The van der Waals surface area contributed by atoms with Crippen LogP contribution in [0.15, 0.2) is 90.4 Å². The van der Waals surface area contributed by atoms with Gasteiger partial charge in [0.1, 0.15) is 29.3 Å². The lowest BCUT2D eigenvalue weighted by Gasteiger charge is -2.30. The number of hydrogen-bond acceptors (Lipinski definition) is 7. The van der Waals surface area contributed by atoms with Crippen LogP contribution in [-0.4, -0.2) is 29.7 Å². The van der Waals surface area contributed by atoms with Crippen LogP contribution in [0.5, 0.6) is 5.75 Å². The van der Waals surface area contributed by atoms with Gasteiger partial charge >= 0.3 is 15.6 Å². The standard InChI is InChI=1S/C25H16F4N4O3S/c26-22-9-8-17(11-20(22)15-12-31-14-32-13-15)24(21-7-2-1-6-19(21)23(30)33-24)16-4-3-5-18(10-16)36-37(34,35)25(27,28)29/h1-14H,(H2,30,33). The highest BCUT2D eigenvalue weighted by Crippen LogP contribution is 2.47. The molecule has 0 spiro atoms. The molecule has 1 atom stereocenters. The number of benzene rings is 3. The zero-order chi connectivity index (χ0) is 26.4. The van der Waals surface area contributed by atoms with E-state index in [1.54, 1.807) is 30.3 Å². The Morgan fingerprint density at radius 2 is 1.57 bits per heavy atom. The number of amidine groups is 1. The minimum absolute atomic E-state index is 0.138. The number of alkyl halides is 3. The Balaban J connectivity index is 1.75. The lowest BCUT2D eigenvalue weighted by molar-refractivity contribution is -0.0500. The second-order valence-electron chi connectivity index (χ2n) is 8.09. The summed E-state index contributed by atoms with van der Waals surface area (Å²) in [5.74, 6) is -1.00. The van der Waals surface area contributed by atoms with E-state index >= 15 is 0 Å². The van der Waals surface area contributed by atoms with Crippen LogP contribution in [0.1, 0.15) is 22.3 Å². The van der Waals surface area contributed by atoms with Crippen molar-refractivity contribution in [3.63, 3.8) is 0 Å². The van der Waals surface area contributed by atoms with Crippen molar-refractivity contribution in [2.45, 2.75) is 11.0 Å². The molecular formula is C25H16F4N4O3S. The van der Waals surface area contributed by atoms with Gasteiger partial charge in [-0.3, -0.25) is 0 Å². The Morgan fingerprint density at radius 1 is 0.865 bits per heavy atom. The third-order valence-corrected chi connectivity index (χ3v) is 6.86. The Bertz CT molecular complexity index is 1640. The van der Waals surface area contributed by atoms with Gasteiger partial charge in [-0.1, -0.05) is 42.5 Å². The van der Waals surface area contributed by atoms with Gasteiger partial charge in [0.15, 0.2) is 0 Å². The number of rotatable bonds is 5. The minimum Gasteiger partial charge on any atom is -0.383 e. The summed E-state index contributed by atoms with van der Waals surface area (Å²) in [7, 11) is -5.92. The SMILES string of the molecule is NC1=NC(c2cccc(OS(=O)(=O)C(F)(F)F)c2)(c2ccc(F)c(-c3cncnc3)c2)c2ccccc21. The monoisotopic (exact) mass is 528 g/mol. The molecule has 5 rings (SSSR count). The van der Waals surface area contributed by atoms with Crippen molar-refractivity contribution in [2.24, 2.45) is 10.7 Å². The Labute approximate surface area is 208 Å². The summed E-state index contributed by atoms with van der Waals surface area (Å²) >= 11 is 0. The minimum atomic E-state index is -5.92. The average molecular weight is 528 g/mol. The highest BCUT2D eigenvalue weighted by atomic mass is 32.2. The summed E-state index contributed by atoms with van der Waals surface area (Å²) in [5, 5.41) is 0. The second kappa shape index (κ2) is 8.66. The Kier molecular flexibility index (Phi) is 5.71. The summed E-state index contributed by atoms with van der Waals surface area (Å²) in [6.07, 6.45) is 4.16. The lowest BCUT2D eigenvalue weighted by atomic mass is 9.77. The number of hydrogen-bond donors (Lipinski definition) is 1. The summed E-state index contributed by atoms with van der Waals surface area (Å²) in [6.45, 7) is 0. The third kappa shape index (κ3) is 4.08. The number of halogens is 4. The zero-order valence-corrected chi connectivity index (χ0v) is 19.5. The molecule has 188 valence electrons. The van der Waals surface area contributed by atoms with Crippen LogP contribution in [0.25, 0.3) is 11.1 Å². The first-order chi connectivity index (χ1) is 17.5. The van der Waals surface area contributed by atoms with Crippen LogP contribution in [0, 0.1) is 5.82 Å². The van der Waals surface area contributed by atoms with E-state index in [0.29, 0.717) is 22.3 Å². The molecule has 4 aromatic rings. The Hall–Kier alpha value is -4.32. The van der Waals surface area contributed by atoms with Crippen LogP contribution >= 0.6 is 0 Å². The van der Waals surface area contributed by atoms with Crippen LogP contribution in [-0.2, 0) is 15.7 Å². The first kappa shape index (κ1) is 24.4. The van der Waals surface area contributed by atoms with Gasteiger partial charge in [0, 0.05) is 29.1 Å². The van der Waals surface area contributed by atoms with E-state index in [1.165, 1.54) is 43.0 Å². The number of fused-ring (bicyclic) bond motifs is 1. The molecule has 0 saturated carbocycles. The third-order valence-electron chi connectivity index (χ3n) is 5.88. The van der Waals surface area contributed by atoms with Crippen LogP contribution in [0.2, 0.25) is 0 Å². The van der Waals surface area contributed by atoms with Gasteiger partial charge in [-0.2, -0.15) is 21.6 Å². The van der Waals surface area contributed by atoms with E-state index in [9.17, 15) is 26.0 Å². The first-order valence-electron chi connectivity index (χ1n) is 10.6. The number of aromatic nitrogens is 2. The fraction of sp³-hybridized carbons (Fsp3) is 0.0800. The topological polar surface area (TPSA) is 108 Å². The molecule has 12 heteroatoms. The highest BCUT2D eigenvalue weighted by molar-refractivity contribution is 7.88.